The summed E-state index contributed by atoms with van der Waals surface area (Å²) in [6, 6.07) is 0.275. The van der Waals surface area contributed by atoms with Gasteiger partial charge in [0.05, 0.1) is 0 Å². The first kappa shape index (κ1) is 14.5. The molecule has 0 aromatic rings. The fourth-order valence-electron chi connectivity index (χ4n) is 2.58. The Morgan fingerprint density at radius 2 is 1.82 bits per heavy atom. The SMILES string of the molecule is CC(CCCN)NC(=O)C1CCCCCCC1. The fraction of sp³-hybridized carbons (Fsp3) is 0.929. The number of carbonyl (C=O) groups excluding carboxylic acids is 1. The van der Waals surface area contributed by atoms with Gasteiger partial charge >= 0.3 is 0 Å². The zero-order valence-corrected chi connectivity index (χ0v) is 11.2. The molecule has 3 nitrogen and oxygen atoms in total. The molecule has 0 bridgehead atoms. The number of hydrogen-bond donors (Lipinski definition) is 2. The Balaban J connectivity index is 2.28. The molecule has 1 aliphatic rings. The van der Waals surface area contributed by atoms with E-state index in [1.54, 1.807) is 0 Å². The van der Waals surface area contributed by atoms with Crippen LogP contribution in [0.5, 0.6) is 0 Å². The number of rotatable bonds is 5. The molecule has 1 unspecified atom stereocenters. The molecule has 3 heteroatoms. The quantitative estimate of drug-likeness (QED) is 0.776. The third kappa shape index (κ3) is 6.06. The Morgan fingerprint density at radius 3 is 2.41 bits per heavy atom. The second kappa shape index (κ2) is 8.51. The Morgan fingerprint density at radius 1 is 1.24 bits per heavy atom. The lowest BCUT2D eigenvalue weighted by molar-refractivity contribution is -0.126. The Hall–Kier alpha value is -0.570. The smallest absolute Gasteiger partial charge is 0.223 e. The maximum absolute atomic E-state index is 12.1. The van der Waals surface area contributed by atoms with Gasteiger partial charge in [0.1, 0.15) is 0 Å². The minimum absolute atomic E-state index is 0.260. The Labute approximate surface area is 106 Å². The van der Waals surface area contributed by atoms with Crippen LogP contribution in [0.15, 0.2) is 0 Å². The van der Waals surface area contributed by atoms with E-state index in [1.807, 2.05) is 0 Å². The summed E-state index contributed by atoms with van der Waals surface area (Å²) < 4.78 is 0. The van der Waals surface area contributed by atoms with E-state index in [0.717, 1.165) is 25.7 Å². The summed E-state index contributed by atoms with van der Waals surface area (Å²) in [5, 5.41) is 3.14. The normalized spacial score (nSPS) is 20.4. The van der Waals surface area contributed by atoms with E-state index in [-0.39, 0.29) is 17.9 Å². The molecule has 0 aliphatic heterocycles. The van der Waals surface area contributed by atoms with Crippen LogP contribution < -0.4 is 11.1 Å². The highest BCUT2D eigenvalue weighted by molar-refractivity contribution is 5.78. The molecule has 100 valence electrons. The number of nitrogens with two attached hydrogens (primary N) is 1. The number of carbonyl (C=O) groups is 1. The number of nitrogens with one attached hydrogen (secondary N) is 1. The highest BCUT2D eigenvalue weighted by atomic mass is 16.1. The van der Waals surface area contributed by atoms with Crippen LogP contribution in [0.25, 0.3) is 0 Å². The fourth-order valence-corrected chi connectivity index (χ4v) is 2.58. The van der Waals surface area contributed by atoms with Gasteiger partial charge in [-0.05, 0) is 39.2 Å². The van der Waals surface area contributed by atoms with Crippen molar-refractivity contribution >= 4 is 5.91 Å². The van der Waals surface area contributed by atoms with Crippen LogP contribution in [0.3, 0.4) is 0 Å². The van der Waals surface area contributed by atoms with Crippen LogP contribution in [0.4, 0.5) is 0 Å². The third-order valence-electron chi connectivity index (χ3n) is 3.71. The maximum atomic E-state index is 12.1. The van der Waals surface area contributed by atoms with Gasteiger partial charge in [0.2, 0.25) is 5.91 Å². The van der Waals surface area contributed by atoms with Gasteiger partial charge in [0.15, 0.2) is 0 Å². The largest absolute Gasteiger partial charge is 0.353 e. The molecule has 0 spiro atoms. The lowest BCUT2D eigenvalue weighted by atomic mass is 9.90. The molecule has 1 saturated carbocycles. The van der Waals surface area contributed by atoms with Crippen molar-refractivity contribution in [3.05, 3.63) is 0 Å². The lowest BCUT2D eigenvalue weighted by Crippen LogP contribution is -2.37. The highest BCUT2D eigenvalue weighted by Crippen LogP contribution is 2.22. The van der Waals surface area contributed by atoms with Crippen molar-refractivity contribution in [2.24, 2.45) is 11.7 Å². The van der Waals surface area contributed by atoms with Gasteiger partial charge in [-0.1, -0.05) is 32.1 Å². The predicted molar refractivity (Wildman–Crippen MR) is 71.7 cm³/mol. The maximum Gasteiger partial charge on any atom is 0.223 e. The van der Waals surface area contributed by atoms with Gasteiger partial charge in [-0.2, -0.15) is 0 Å². The third-order valence-corrected chi connectivity index (χ3v) is 3.71. The zero-order chi connectivity index (χ0) is 12.5. The van der Waals surface area contributed by atoms with Crippen molar-refractivity contribution in [2.75, 3.05) is 6.54 Å². The number of amides is 1. The van der Waals surface area contributed by atoms with Gasteiger partial charge in [0, 0.05) is 12.0 Å². The van der Waals surface area contributed by atoms with Crippen LogP contribution >= 0.6 is 0 Å². The number of hydrogen-bond acceptors (Lipinski definition) is 2. The van der Waals surface area contributed by atoms with Crippen molar-refractivity contribution in [1.82, 2.24) is 5.32 Å². The van der Waals surface area contributed by atoms with Crippen LogP contribution in [0.1, 0.15) is 64.7 Å². The highest BCUT2D eigenvalue weighted by Gasteiger charge is 2.20. The monoisotopic (exact) mass is 240 g/mol. The van der Waals surface area contributed by atoms with E-state index in [0.29, 0.717) is 6.54 Å². The van der Waals surface area contributed by atoms with Crippen LogP contribution in [0, 0.1) is 5.92 Å². The van der Waals surface area contributed by atoms with E-state index >= 15 is 0 Å². The minimum atomic E-state index is 0.260. The van der Waals surface area contributed by atoms with Gasteiger partial charge in [-0.25, -0.2) is 0 Å². The second-order valence-electron chi connectivity index (χ2n) is 5.38. The minimum Gasteiger partial charge on any atom is -0.353 e. The molecule has 1 amide bonds. The molecule has 1 aliphatic carbocycles. The topological polar surface area (TPSA) is 55.1 Å². The first-order valence-electron chi connectivity index (χ1n) is 7.24. The molecule has 0 aromatic carbocycles. The van der Waals surface area contributed by atoms with Gasteiger partial charge in [-0.3, -0.25) is 4.79 Å². The average Bonchev–Trinajstić information content (AvgIpc) is 2.25. The average molecular weight is 240 g/mol. The summed E-state index contributed by atoms with van der Waals surface area (Å²) in [4.78, 5) is 12.1. The predicted octanol–water partition coefficient (Wildman–Crippen LogP) is 2.59. The van der Waals surface area contributed by atoms with E-state index in [1.165, 1.54) is 32.1 Å². The summed E-state index contributed by atoms with van der Waals surface area (Å²) in [7, 11) is 0. The van der Waals surface area contributed by atoms with Crippen LogP contribution in [0.2, 0.25) is 0 Å². The van der Waals surface area contributed by atoms with Crippen molar-refractivity contribution in [3.8, 4) is 0 Å². The molecular formula is C14H28N2O. The van der Waals surface area contributed by atoms with Crippen molar-refractivity contribution in [2.45, 2.75) is 70.8 Å². The molecule has 3 N–H and O–H groups in total. The van der Waals surface area contributed by atoms with Gasteiger partial charge in [0.25, 0.3) is 0 Å². The first-order valence-corrected chi connectivity index (χ1v) is 7.24. The molecule has 0 aromatic heterocycles. The van der Waals surface area contributed by atoms with E-state index in [2.05, 4.69) is 12.2 Å². The molecule has 1 fully saturated rings. The first-order chi connectivity index (χ1) is 8.24. The molecular weight excluding hydrogens is 212 g/mol. The lowest BCUT2D eigenvalue weighted by Gasteiger charge is -2.21. The van der Waals surface area contributed by atoms with Crippen molar-refractivity contribution in [3.63, 3.8) is 0 Å². The molecule has 0 heterocycles. The summed E-state index contributed by atoms with van der Waals surface area (Å²) in [5.74, 6) is 0.534. The second-order valence-corrected chi connectivity index (χ2v) is 5.38. The summed E-state index contributed by atoms with van der Waals surface area (Å²) >= 11 is 0. The van der Waals surface area contributed by atoms with Crippen LogP contribution in [-0.4, -0.2) is 18.5 Å². The zero-order valence-electron chi connectivity index (χ0n) is 11.2. The van der Waals surface area contributed by atoms with Gasteiger partial charge < -0.3 is 11.1 Å². The summed E-state index contributed by atoms with van der Waals surface area (Å²) in [5.41, 5.74) is 5.48. The van der Waals surface area contributed by atoms with Crippen molar-refractivity contribution in [1.29, 1.82) is 0 Å². The summed E-state index contributed by atoms with van der Waals surface area (Å²) in [6.45, 7) is 2.79. The van der Waals surface area contributed by atoms with E-state index in [4.69, 9.17) is 5.73 Å². The van der Waals surface area contributed by atoms with Crippen molar-refractivity contribution < 1.29 is 4.79 Å². The van der Waals surface area contributed by atoms with E-state index < -0.39 is 0 Å². The van der Waals surface area contributed by atoms with Crippen LogP contribution in [-0.2, 0) is 4.79 Å². The summed E-state index contributed by atoms with van der Waals surface area (Å²) in [6.07, 6.45) is 10.5. The molecule has 1 atom stereocenters. The van der Waals surface area contributed by atoms with E-state index in [9.17, 15) is 4.79 Å². The standard InChI is InChI=1S/C14H28N2O/c1-12(8-7-11-15)16-14(17)13-9-5-3-2-4-6-10-13/h12-13H,2-11,15H2,1H3,(H,16,17). The molecule has 0 radical (unpaired) electrons. The molecule has 17 heavy (non-hydrogen) atoms. The molecule has 1 rings (SSSR count). The Bertz CT molecular complexity index is 210. The molecule has 0 saturated heterocycles. The van der Waals surface area contributed by atoms with Gasteiger partial charge in [-0.15, -0.1) is 0 Å². The Kier molecular flexibility index (Phi) is 7.25.